The molecule has 1 N–H and O–H groups in total. The van der Waals surface area contributed by atoms with Crippen LogP contribution in [0.2, 0.25) is 5.02 Å². The van der Waals surface area contributed by atoms with Crippen molar-refractivity contribution in [1.29, 1.82) is 0 Å². The summed E-state index contributed by atoms with van der Waals surface area (Å²) in [5.74, 6) is 0.430. The molecule has 2 bridgehead atoms. The Labute approximate surface area is 143 Å². The minimum atomic E-state index is -0.750. The van der Waals surface area contributed by atoms with Gasteiger partial charge in [0.25, 0.3) is 0 Å². The molecular weight excluding hydrogens is 368 g/mol. The lowest BCUT2D eigenvalue weighted by molar-refractivity contribution is -0.130. The van der Waals surface area contributed by atoms with E-state index < -0.39 is 21.1 Å². The van der Waals surface area contributed by atoms with Crippen LogP contribution in [0, 0.1) is 16.2 Å². The number of carbonyl (C=O) groups is 2. The number of ketones is 1. The van der Waals surface area contributed by atoms with Crippen molar-refractivity contribution in [3.05, 3.63) is 23.4 Å². The second-order valence-corrected chi connectivity index (χ2v) is 8.32. The molecule has 1 amide bonds. The van der Waals surface area contributed by atoms with Crippen molar-refractivity contribution in [3.63, 3.8) is 0 Å². The van der Waals surface area contributed by atoms with Gasteiger partial charge in [-0.05, 0) is 30.4 Å². The molecule has 0 saturated heterocycles. The Morgan fingerprint density at radius 2 is 2.05 bits per heavy atom. The lowest BCUT2D eigenvalue weighted by Crippen LogP contribution is -2.48. The monoisotopic (exact) mass is 384 g/mol. The molecule has 118 valence electrons. The van der Waals surface area contributed by atoms with E-state index in [2.05, 4.69) is 26.2 Å². The Balaban J connectivity index is 1.97. The van der Waals surface area contributed by atoms with Crippen molar-refractivity contribution < 1.29 is 9.59 Å². The first-order chi connectivity index (χ1) is 10.2. The van der Waals surface area contributed by atoms with Crippen LogP contribution in [0.15, 0.2) is 18.3 Å². The molecule has 0 aromatic carbocycles. The summed E-state index contributed by atoms with van der Waals surface area (Å²) < 4.78 is 0. The molecular formula is C16H18BrClN2O2. The number of carbonyl (C=O) groups excluding carboxylic acids is 2. The van der Waals surface area contributed by atoms with Crippen molar-refractivity contribution in [2.75, 3.05) is 5.32 Å². The Bertz CT molecular complexity index is 661. The van der Waals surface area contributed by atoms with E-state index in [9.17, 15) is 9.59 Å². The van der Waals surface area contributed by atoms with Crippen molar-refractivity contribution in [3.8, 4) is 0 Å². The zero-order valence-electron chi connectivity index (χ0n) is 12.7. The fraction of sp³-hybridized carbons (Fsp3) is 0.562. The molecule has 0 radical (unpaired) electrons. The van der Waals surface area contributed by atoms with Gasteiger partial charge >= 0.3 is 0 Å². The molecule has 3 rings (SSSR count). The summed E-state index contributed by atoms with van der Waals surface area (Å²) in [5.41, 5.74) is -1.63. The summed E-state index contributed by atoms with van der Waals surface area (Å²) in [4.78, 5) is 29.3. The summed E-state index contributed by atoms with van der Waals surface area (Å²) in [6.45, 7) is 6.02. The Morgan fingerprint density at radius 3 is 2.55 bits per heavy atom. The maximum absolute atomic E-state index is 13.0. The summed E-state index contributed by atoms with van der Waals surface area (Å²) >= 11 is 9.32. The van der Waals surface area contributed by atoms with Crippen LogP contribution in [0.3, 0.4) is 0 Å². The number of pyridine rings is 1. The van der Waals surface area contributed by atoms with E-state index in [1.54, 1.807) is 12.1 Å². The van der Waals surface area contributed by atoms with Gasteiger partial charge in [-0.2, -0.15) is 0 Å². The molecule has 2 aliphatic rings. The third-order valence-corrected chi connectivity index (χ3v) is 7.52. The number of Topliss-reactive ketones (excluding diaryl/α,β-unsaturated/α-hetero) is 1. The van der Waals surface area contributed by atoms with Gasteiger partial charge in [0.05, 0.1) is 15.3 Å². The van der Waals surface area contributed by atoms with Gasteiger partial charge in [0.2, 0.25) is 5.91 Å². The molecule has 2 fully saturated rings. The maximum atomic E-state index is 13.0. The van der Waals surface area contributed by atoms with E-state index in [-0.39, 0.29) is 11.7 Å². The first-order valence-corrected chi connectivity index (χ1v) is 8.57. The van der Waals surface area contributed by atoms with Crippen LogP contribution in [0.1, 0.15) is 33.6 Å². The Hall–Kier alpha value is -0.940. The molecule has 22 heavy (non-hydrogen) atoms. The van der Waals surface area contributed by atoms with Crippen LogP contribution < -0.4 is 5.32 Å². The average molecular weight is 386 g/mol. The predicted molar refractivity (Wildman–Crippen MR) is 89.2 cm³/mol. The number of hydrogen-bond donors (Lipinski definition) is 1. The van der Waals surface area contributed by atoms with Gasteiger partial charge < -0.3 is 5.32 Å². The molecule has 4 nitrogen and oxygen atoms in total. The lowest BCUT2D eigenvalue weighted by Gasteiger charge is -2.39. The van der Waals surface area contributed by atoms with Gasteiger partial charge in [-0.1, -0.05) is 48.3 Å². The molecule has 0 unspecified atom stereocenters. The van der Waals surface area contributed by atoms with E-state index in [4.69, 9.17) is 11.6 Å². The first kappa shape index (κ1) is 15.9. The molecule has 6 heteroatoms. The van der Waals surface area contributed by atoms with E-state index in [1.165, 1.54) is 6.20 Å². The third kappa shape index (κ3) is 1.72. The zero-order chi connectivity index (χ0) is 16.3. The van der Waals surface area contributed by atoms with Gasteiger partial charge in [-0.25, -0.2) is 4.98 Å². The van der Waals surface area contributed by atoms with Crippen LogP contribution in [0.4, 0.5) is 5.82 Å². The molecule has 3 atom stereocenters. The second-order valence-electron chi connectivity index (χ2n) is 6.97. The molecule has 2 saturated carbocycles. The molecule has 2 aliphatic carbocycles. The molecule has 0 spiro atoms. The van der Waals surface area contributed by atoms with Gasteiger partial charge in [0, 0.05) is 11.6 Å². The van der Waals surface area contributed by atoms with E-state index in [1.807, 2.05) is 20.8 Å². The van der Waals surface area contributed by atoms with Gasteiger partial charge in [0.15, 0.2) is 5.78 Å². The van der Waals surface area contributed by atoms with Crippen LogP contribution in [-0.4, -0.2) is 21.5 Å². The molecule has 1 aromatic heterocycles. The van der Waals surface area contributed by atoms with Crippen molar-refractivity contribution >= 4 is 45.0 Å². The molecule has 0 aliphatic heterocycles. The summed E-state index contributed by atoms with van der Waals surface area (Å²) in [5, 5.41) is 3.38. The number of rotatable bonds is 2. The van der Waals surface area contributed by atoms with E-state index in [0.29, 0.717) is 17.3 Å². The highest BCUT2D eigenvalue weighted by molar-refractivity contribution is 9.10. The smallest absolute Gasteiger partial charge is 0.233 e. The van der Waals surface area contributed by atoms with E-state index in [0.717, 1.165) is 6.42 Å². The number of aromatic nitrogens is 1. The number of hydrogen-bond acceptors (Lipinski definition) is 3. The number of halogens is 2. The van der Waals surface area contributed by atoms with Crippen molar-refractivity contribution in [2.45, 2.75) is 38.4 Å². The maximum Gasteiger partial charge on any atom is 0.233 e. The highest BCUT2D eigenvalue weighted by Crippen LogP contribution is 2.72. The highest BCUT2D eigenvalue weighted by atomic mass is 79.9. The Kier molecular flexibility index (Phi) is 3.46. The summed E-state index contributed by atoms with van der Waals surface area (Å²) in [6, 6.07) is 3.34. The minimum absolute atomic E-state index is 0.128. The Morgan fingerprint density at radius 1 is 1.36 bits per heavy atom. The fourth-order valence-electron chi connectivity index (χ4n) is 4.13. The van der Waals surface area contributed by atoms with E-state index >= 15 is 0 Å². The lowest BCUT2D eigenvalue weighted by atomic mass is 9.64. The first-order valence-electron chi connectivity index (χ1n) is 7.28. The van der Waals surface area contributed by atoms with Crippen LogP contribution in [0.5, 0.6) is 0 Å². The minimum Gasteiger partial charge on any atom is -0.310 e. The van der Waals surface area contributed by atoms with Crippen LogP contribution in [-0.2, 0) is 9.59 Å². The number of nitrogens with one attached hydrogen (secondary N) is 1. The second kappa shape index (κ2) is 4.78. The van der Waals surface area contributed by atoms with Gasteiger partial charge in [-0.3, -0.25) is 9.59 Å². The van der Waals surface area contributed by atoms with Crippen molar-refractivity contribution in [2.24, 2.45) is 16.2 Å². The van der Waals surface area contributed by atoms with Gasteiger partial charge in [0.1, 0.15) is 5.82 Å². The standard InChI is InChI=1S/C16H18BrClN2O2/c1-14(2)15(3)6-7-16(14,11(17)12(15)21)13(22)20-10-5-4-9(18)8-19-10/h4-5,8,11H,6-7H2,1-3H3,(H,19,20,22)/t11-,15+,16-/m0/s1. The van der Waals surface area contributed by atoms with Crippen LogP contribution in [0.25, 0.3) is 0 Å². The number of nitrogens with zero attached hydrogens (tertiary/aromatic N) is 1. The van der Waals surface area contributed by atoms with Gasteiger partial charge in [-0.15, -0.1) is 0 Å². The SMILES string of the molecule is CC1(C)[C@]2(C)CC[C@@]1(C(=O)Nc1ccc(Cl)cn1)[C@@H](Br)C2=O. The fourth-order valence-corrected chi connectivity index (χ4v) is 5.76. The largest absolute Gasteiger partial charge is 0.310 e. The predicted octanol–water partition coefficient (Wildman–Crippen LogP) is 3.83. The number of fused-ring (bicyclic) bond motifs is 2. The quantitative estimate of drug-likeness (QED) is 0.787. The average Bonchev–Trinajstić information content (AvgIpc) is 2.74. The third-order valence-electron chi connectivity index (χ3n) is 6.09. The van der Waals surface area contributed by atoms with Crippen LogP contribution >= 0.6 is 27.5 Å². The summed E-state index contributed by atoms with van der Waals surface area (Å²) in [6.07, 6.45) is 2.92. The topological polar surface area (TPSA) is 59.1 Å². The highest BCUT2D eigenvalue weighted by Gasteiger charge is 2.76. The molecule has 1 aromatic rings. The van der Waals surface area contributed by atoms with Crippen molar-refractivity contribution in [1.82, 2.24) is 4.98 Å². The number of anilines is 1. The number of amides is 1. The molecule has 1 heterocycles. The summed E-state index contributed by atoms with van der Waals surface area (Å²) in [7, 11) is 0. The zero-order valence-corrected chi connectivity index (χ0v) is 15.1. The normalized spacial score (nSPS) is 35.7. The number of alkyl halides is 1.